The summed E-state index contributed by atoms with van der Waals surface area (Å²) in [6.07, 6.45) is 1.36. The maximum Gasteiger partial charge on any atom is 0.247 e. The summed E-state index contributed by atoms with van der Waals surface area (Å²) < 4.78 is 51.9. The van der Waals surface area contributed by atoms with E-state index in [9.17, 15) is 12.8 Å². The molecule has 1 unspecified atom stereocenters. The zero-order valence-corrected chi connectivity index (χ0v) is 14.9. The molecule has 3 rings (SSSR count). The van der Waals surface area contributed by atoms with Crippen molar-refractivity contribution in [3.05, 3.63) is 53.8 Å². The minimum absolute atomic E-state index is 0.0534. The van der Waals surface area contributed by atoms with Gasteiger partial charge in [0.15, 0.2) is 0 Å². The molecule has 1 saturated heterocycles. The number of ether oxygens (including phenoxy) is 2. The first-order valence-corrected chi connectivity index (χ1v) is 9.40. The van der Waals surface area contributed by atoms with Crippen molar-refractivity contribution in [1.82, 2.24) is 4.31 Å². The van der Waals surface area contributed by atoms with Crippen LogP contribution in [-0.4, -0.2) is 33.5 Å². The average Bonchev–Trinajstić information content (AvgIpc) is 3.12. The van der Waals surface area contributed by atoms with Crippen LogP contribution in [0.25, 0.3) is 0 Å². The van der Waals surface area contributed by atoms with Gasteiger partial charge in [0.25, 0.3) is 0 Å². The lowest BCUT2D eigenvalue weighted by molar-refractivity contribution is 0.375. The smallest absolute Gasteiger partial charge is 0.247 e. The van der Waals surface area contributed by atoms with Crippen LogP contribution in [0.15, 0.2) is 47.4 Å². The molecule has 0 spiro atoms. The van der Waals surface area contributed by atoms with Crippen molar-refractivity contribution in [2.45, 2.75) is 23.8 Å². The van der Waals surface area contributed by atoms with Gasteiger partial charge in [-0.2, -0.15) is 4.31 Å². The molecule has 0 aromatic heterocycles. The second-order valence-corrected chi connectivity index (χ2v) is 7.70. The van der Waals surface area contributed by atoms with Gasteiger partial charge in [-0.15, -0.1) is 0 Å². The first-order valence-electron chi connectivity index (χ1n) is 7.96. The summed E-state index contributed by atoms with van der Waals surface area (Å²) in [5.74, 6) is 0.312. The van der Waals surface area contributed by atoms with Gasteiger partial charge < -0.3 is 9.47 Å². The highest BCUT2D eigenvalue weighted by atomic mass is 32.2. The Kier molecular flexibility index (Phi) is 4.96. The zero-order chi connectivity index (χ0) is 18.0. The van der Waals surface area contributed by atoms with Crippen LogP contribution in [0.3, 0.4) is 0 Å². The van der Waals surface area contributed by atoms with Crippen molar-refractivity contribution in [3.8, 4) is 11.5 Å². The summed E-state index contributed by atoms with van der Waals surface area (Å²) in [5, 5.41) is 0. The normalized spacial score (nSPS) is 18.3. The molecule has 5 nitrogen and oxygen atoms in total. The van der Waals surface area contributed by atoms with Crippen LogP contribution in [0.1, 0.15) is 24.4 Å². The van der Waals surface area contributed by atoms with Gasteiger partial charge in [-0.05, 0) is 42.7 Å². The highest BCUT2D eigenvalue weighted by Gasteiger charge is 2.38. The van der Waals surface area contributed by atoms with Crippen LogP contribution in [0.4, 0.5) is 4.39 Å². The molecule has 1 heterocycles. The Labute approximate surface area is 147 Å². The molecule has 1 fully saturated rings. The van der Waals surface area contributed by atoms with E-state index in [1.165, 1.54) is 36.7 Å². The van der Waals surface area contributed by atoms with E-state index in [4.69, 9.17) is 9.47 Å². The van der Waals surface area contributed by atoms with Crippen LogP contribution in [0.2, 0.25) is 0 Å². The third kappa shape index (κ3) is 3.34. The van der Waals surface area contributed by atoms with Crippen molar-refractivity contribution in [1.29, 1.82) is 0 Å². The number of hydrogen-bond donors (Lipinski definition) is 0. The van der Waals surface area contributed by atoms with Gasteiger partial charge in [0.05, 0.1) is 20.3 Å². The number of rotatable bonds is 5. The summed E-state index contributed by atoms with van der Waals surface area (Å²) in [6, 6.07) is 10.4. The number of benzene rings is 2. The quantitative estimate of drug-likeness (QED) is 0.815. The van der Waals surface area contributed by atoms with Gasteiger partial charge in [0.2, 0.25) is 10.0 Å². The summed E-state index contributed by atoms with van der Waals surface area (Å²) in [7, 11) is -0.917. The van der Waals surface area contributed by atoms with Crippen LogP contribution >= 0.6 is 0 Å². The molecule has 0 bridgehead atoms. The van der Waals surface area contributed by atoms with E-state index in [0.29, 0.717) is 30.7 Å². The third-order valence-electron chi connectivity index (χ3n) is 4.39. The van der Waals surface area contributed by atoms with Crippen molar-refractivity contribution in [2.24, 2.45) is 0 Å². The molecule has 1 aliphatic rings. The average molecular weight is 365 g/mol. The molecule has 1 aliphatic heterocycles. The Hall–Kier alpha value is -2.12. The number of nitrogens with zero attached hydrogens (tertiary/aromatic N) is 1. The molecule has 0 radical (unpaired) electrons. The maximum absolute atomic E-state index is 13.6. The first kappa shape index (κ1) is 17.7. The molecule has 0 N–H and O–H groups in total. The van der Waals surface area contributed by atoms with Crippen molar-refractivity contribution in [3.63, 3.8) is 0 Å². The first-order chi connectivity index (χ1) is 12.0. The lowest BCUT2D eigenvalue weighted by Crippen LogP contribution is -2.31. The van der Waals surface area contributed by atoms with Gasteiger partial charge in [0.1, 0.15) is 22.2 Å². The Morgan fingerprint density at radius 2 is 1.92 bits per heavy atom. The Bertz CT molecular complexity index is 869. The summed E-state index contributed by atoms with van der Waals surface area (Å²) >= 11 is 0. The van der Waals surface area contributed by atoms with Crippen LogP contribution in [-0.2, 0) is 10.0 Å². The molecule has 0 saturated carbocycles. The second-order valence-electron chi connectivity index (χ2n) is 5.85. The molecule has 2 aromatic rings. The van der Waals surface area contributed by atoms with Crippen LogP contribution < -0.4 is 9.47 Å². The lowest BCUT2D eigenvalue weighted by Gasteiger charge is -2.25. The number of halogens is 1. The summed E-state index contributed by atoms with van der Waals surface area (Å²) in [6.45, 7) is 0.379. The van der Waals surface area contributed by atoms with Gasteiger partial charge in [-0.25, -0.2) is 12.8 Å². The van der Waals surface area contributed by atoms with Crippen molar-refractivity contribution >= 4 is 10.0 Å². The zero-order valence-electron chi connectivity index (χ0n) is 14.1. The Balaban J connectivity index is 2.04. The fourth-order valence-electron chi connectivity index (χ4n) is 3.19. The Morgan fingerprint density at radius 1 is 1.12 bits per heavy atom. The lowest BCUT2D eigenvalue weighted by atomic mass is 10.1. The standard InChI is InChI=1S/C18H20FNO4S/c1-23-15-8-9-17(24-2)18(12-15)25(21,22)20-10-4-7-16(20)13-5-3-6-14(19)11-13/h3,5-6,8-9,11-12,16H,4,7,10H2,1-2H3. The SMILES string of the molecule is COc1ccc(OC)c(S(=O)(=O)N2CCCC2c2cccc(F)c2)c1. The number of methoxy groups -OCH3 is 2. The van der Waals surface area contributed by atoms with Gasteiger partial charge >= 0.3 is 0 Å². The molecule has 0 aliphatic carbocycles. The number of hydrogen-bond acceptors (Lipinski definition) is 4. The van der Waals surface area contributed by atoms with Crippen LogP contribution in [0, 0.1) is 5.82 Å². The van der Waals surface area contributed by atoms with E-state index in [1.54, 1.807) is 24.3 Å². The maximum atomic E-state index is 13.6. The third-order valence-corrected chi connectivity index (χ3v) is 6.32. The van der Waals surface area contributed by atoms with E-state index in [1.807, 2.05) is 0 Å². The largest absolute Gasteiger partial charge is 0.497 e. The molecule has 1 atom stereocenters. The van der Waals surface area contributed by atoms with E-state index in [-0.39, 0.29) is 16.5 Å². The van der Waals surface area contributed by atoms with Gasteiger partial charge in [-0.1, -0.05) is 12.1 Å². The van der Waals surface area contributed by atoms with Gasteiger partial charge in [-0.3, -0.25) is 0 Å². The fraction of sp³-hybridized carbons (Fsp3) is 0.333. The molecule has 2 aromatic carbocycles. The highest BCUT2D eigenvalue weighted by molar-refractivity contribution is 7.89. The predicted molar refractivity (Wildman–Crippen MR) is 91.8 cm³/mol. The van der Waals surface area contributed by atoms with E-state index < -0.39 is 16.1 Å². The molecule has 134 valence electrons. The molecule has 7 heteroatoms. The summed E-state index contributed by atoms with van der Waals surface area (Å²) in [5.41, 5.74) is 0.655. The second kappa shape index (κ2) is 7.01. The molecular weight excluding hydrogens is 345 g/mol. The van der Waals surface area contributed by atoms with Crippen LogP contribution in [0.5, 0.6) is 11.5 Å². The number of sulfonamides is 1. The molecule has 25 heavy (non-hydrogen) atoms. The molecular formula is C18H20FNO4S. The van der Waals surface area contributed by atoms with Gasteiger partial charge in [0, 0.05) is 12.6 Å². The molecule has 0 amide bonds. The van der Waals surface area contributed by atoms with Crippen molar-refractivity contribution < 1.29 is 22.3 Å². The van der Waals surface area contributed by atoms with Crippen molar-refractivity contribution in [2.75, 3.05) is 20.8 Å². The summed E-state index contributed by atoms with van der Waals surface area (Å²) in [4.78, 5) is 0.0534. The monoisotopic (exact) mass is 365 g/mol. The highest BCUT2D eigenvalue weighted by Crippen LogP contribution is 2.39. The Morgan fingerprint density at radius 3 is 2.60 bits per heavy atom. The topological polar surface area (TPSA) is 55.8 Å². The minimum atomic E-state index is -3.82. The van der Waals surface area contributed by atoms with E-state index in [0.717, 1.165) is 0 Å². The van der Waals surface area contributed by atoms with E-state index in [2.05, 4.69) is 0 Å². The minimum Gasteiger partial charge on any atom is -0.497 e. The van der Waals surface area contributed by atoms with E-state index >= 15 is 0 Å². The predicted octanol–water partition coefficient (Wildman–Crippen LogP) is 3.37. The fourth-order valence-corrected chi connectivity index (χ4v) is 5.04.